The van der Waals surface area contributed by atoms with Crippen molar-refractivity contribution in [3.05, 3.63) is 22.6 Å². The summed E-state index contributed by atoms with van der Waals surface area (Å²) in [5.41, 5.74) is 0.908. The maximum atomic E-state index is 4.43. The molecule has 0 spiro atoms. The van der Waals surface area contributed by atoms with Crippen molar-refractivity contribution in [2.75, 3.05) is 46.1 Å². The lowest BCUT2D eigenvalue weighted by Gasteiger charge is -2.34. The van der Waals surface area contributed by atoms with Crippen LogP contribution in [0.4, 0.5) is 0 Å². The third-order valence-corrected chi connectivity index (χ3v) is 10.9. The van der Waals surface area contributed by atoms with E-state index < -0.39 is 0 Å². The lowest BCUT2D eigenvalue weighted by atomic mass is 9.97. The van der Waals surface area contributed by atoms with Crippen LogP contribution in [0.15, 0.2) is 22.6 Å². The second kappa shape index (κ2) is 11.9. The quantitative estimate of drug-likeness (QED) is 0.403. The summed E-state index contributed by atoms with van der Waals surface area (Å²) in [4.78, 5) is 6.46. The van der Waals surface area contributed by atoms with Crippen molar-refractivity contribution in [2.45, 2.75) is 65.0 Å². The molecule has 0 aromatic carbocycles. The zero-order valence-electron chi connectivity index (χ0n) is 18.5. The van der Waals surface area contributed by atoms with E-state index in [1.807, 2.05) is 11.8 Å². The molecule has 2 aliphatic rings. The molecular weight excluding hydrogens is 367 g/mol. The second-order valence-electron chi connectivity index (χ2n) is 8.89. The molecule has 0 bridgehead atoms. The van der Waals surface area contributed by atoms with Crippen LogP contribution in [0.1, 0.15) is 59.3 Å². The van der Waals surface area contributed by atoms with Crippen LogP contribution >= 0.6 is 19.7 Å². The van der Waals surface area contributed by atoms with Crippen molar-refractivity contribution < 1.29 is 0 Å². The lowest BCUT2D eigenvalue weighted by Crippen LogP contribution is -2.32. The average molecular weight is 411 g/mol. The fraction of sp³-hybridized carbons (Fsp3) is 0.826. The van der Waals surface area contributed by atoms with Crippen molar-refractivity contribution in [3.63, 3.8) is 0 Å². The van der Waals surface area contributed by atoms with Gasteiger partial charge in [-0.05, 0) is 80.9 Å². The van der Waals surface area contributed by atoms with Crippen molar-refractivity contribution in [1.82, 2.24) is 9.80 Å². The van der Waals surface area contributed by atoms with E-state index in [9.17, 15) is 0 Å². The summed E-state index contributed by atoms with van der Waals surface area (Å²) < 4.78 is 0. The van der Waals surface area contributed by atoms with E-state index in [-0.39, 0.29) is 7.92 Å². The molecular formula is C23H43N2PS. The SMILES string of the molecule is C=C(SC(=CCC)C1CCCN(C)C1)N(C)CCC(C)P1CCC(C)CC1. The first-order chi connectivity index (χ1) is 12.9. The first-order valence-corrected chi connectivity index (χ1v) is 13.7. The highest BCUT2D eigenvalue weighted by atomic mass is 32.2. The van der Waals surface area contributed by atoms with E-state index in [2.05, 4.69) is 57.3 Å². The topological polar surface area (TPSA) is 6.48 Å². The van der Waals surface area contributed by atoms with Gasteiger partial charge in [-0.3, -0.25) is 0 Å². The Kier molecular flexibility index (Phi) is 10.3. The van der Waals surface area contributed by atoms with Crippen molar-refractivity contribution >= 4 is 19.7 Å². The lowest BCUT2D eigenvalue weighted by molar-refractivity contribution is 0.235. The molecule has 2 fully saturated rings. The number of piperidine rings is 1. The maximum Gasteiger partial charge on any atom is 0.0676 e. The highest BCUT2D eigenvalue weighted by molar-refractivity contribution is 8.06. The molecule has 4 heteroatoms. The van der Waals surface area contributed by atoms with Crippen LogP contribution in [-0.4, -0.2) is 61.5 Å². The second-order valence-corrected chi connectivity index (χ2v) is 13.0. The Labute approximate surface area is 175 Å². The van der Waals surface area contributed by atoms with Crippen LogP contribution in [-0.2, 0) is 0 Å². The standard InChI is InChI=1S/C23H43N2PS/c1-7-9-23(22-10-8-14-24(5)18-22)27-21(4)25(6)15-11-20(3)26-16-12-19(2)13-17-26/h9,19-20,22H,4,7-8,10-18H2,1-3,5-6H3. The Bertz CT molecular complexity index is 485. The minimum atomic E-state index is 0.273. The Morgan fingerprint density at radius 3 is 2.67 bits per heavy atom. The molecule has 2 heterocycles. The highest BCUT2D eigenvalue weighted by Crippen LogP contribution is 2.48. The van der Waals surface area contributed by atoms with Gasteiger partial charge < -0.3 is 9.80 Å². The molecule has 0 amide bonds. The summed E-state index contributed by atoms with van der Waals surface area (Å²) in [5, 5.41) is 1.24. The molecule has 2 rings (SSSR count). The molecule has 2 nitrogen and oxygen atoms in total. The first-order valence-electron chi connectivity index (χ1n) is 11.1. The number of thioether (sulfide) groups is 1. The number of hydrogen-bond acceptors (Lipinski definition) is 3. The third kappa shape index (κ3) is 7.75. The van der Waals surface area contributed by atoms with Crippen molar-refractivity contribution in [1.29, 1.82) is 0 Å². The molecule has 27 heavy (non-hydrogen) atoms. The highest BCUT2D eigenvalue weighted by Gasteiger charge is 2.24. The molecule has 2 unspecified atom stereocenters. The predicted molar refractivity (Wildman–Crippen MR) is 127 cm³/mol. The number of likely N-dealkylation sites (tertiary alicyclic amines) is 1. The number of hydrogen-bond donors (Lipinski definition) is 0. The van der Waals surface area contributed by atoms with Gasteiger partial charge in [0.2, 0.25) is 0 Å². The fourth-order valence-corrected chi connectivity index (χ4v) is 8.52. The summed E-state index contributed by atoms with van der Waals surface area (Å²) >= 11 is 1.94. The van der Waals surface area contributed by atoms with Crippen LogP contribution in [0.3, 0.4) is 0 Å². The predicted octanol–water partition coefficient (Wildman–Crippen LogP) is 6.45. The molecule has 0 N–H and O–H groups in total. The zero-order chi connectivity index (χ0) is 19.8. The van der Waals surface area contributed by atoms with E-state index in [1.165, 1.54) is 62.5 Å². The summed E-state index contributed by atoms with van der Waals surface area (Å²) in [6.07, 6.45) is 13.5. The maximum absolute atomic E-state index is 4.43. The van der Waals surface area contributed by atoms with E-state index in [0.29, 0.717) is 5.92 Å². The van der Waals surface area contributed by atoms with Crippen LogP contribution in [0.5, 0.6) is 0 Å². The molecule has 0 saturated carbocycles. The Morgan fingerprint density at radius 2 is 2.04 bits per heavy atom. The van der Waals surface area contributed by atoms with Crippen molar-refractivity contribution in [3.8, 4) is 0 Å². The molecule has 0 aromatic rings. The Morgan fingerprint density at radius 1 is 1.33 bits per heavy atom. The normalized spacial score (nSPS) is 28.8. The van der Waals surface area contributed by atoms with Gasteiger partial charge in [0.1, 0.15) is 0 Å². The number of nitrogens with zero attached hydrogens (tertiary/aromatic N) is 2. The molecule has 156 valence electrons. The van der Waals surface area contributed by atoms with Crippen LogP contribution in [0, 0.1) is 11.8 Å². The Balaban J connectivity index is 1.79. The van der Waals surface area contributed by atoms with Gasteiger partial charge >= 0.3 is 0 Å². The summed E-state index contributed by atoms with van der Waals surface area (Å²) in [5.74, 6) is 1.67. The van der Waals surface area contributed by atoms with Gasteiger partial charge in [-0.1, -0.05) is 45.2 Å². The number of allylic oxidation sites excluding steroid dienone is 1. The Hall–Kier alpha value is 0.0200. The molecule has 0 radical (unpaired) electrons. The van der Waals surface area contributed by atoms with Crippen LogP contribution in [0.2, 0.25) is 0 Å². The average Bonchev–Trinajstić information content (AvgIpc) is 2.66. The molecule has 2 saturated heterocycles. The number of rotatable bonds is 9. The van der Waals surface area contributed by atoms with Gasteiger partial charge in [-0.25, -0.2) is 0 Å². The van der Waals surface area contributed by atoms with Crippen molar-refractivity contribution in [2.24, 2.45) is 11.8 Å². The summed E-state index contributed by atoms with van der Waals surface area (Å²) in [7, 11) is 4.78. The van der Waals surface area contributed by atoms with E-state index in [1.54, 1.807) is 4.91 Å². The van der Waals surface area contributed by atoms with E-state index in [0.717, 1.165) is 24.5 Å². The van der Waals surface area contributed by atoms with Gasteiger partial charge in [0.25, 0.3) is 0 Å². The fourth-order valence-electron chi connectivity index (χ4n) is 4.26. The smallest absolute Gasteiger partial charge is 0.0676 e. The third-order valence-electron chi connectivity index (χ3n) is 6.42. The molecule has 2 aliphatic heterocycles. The van der Waals surface area contributed by atoms with E-state index >= 15 is 0 Å². The monoisotopic (exact) mass is 410 g/mol. The van der Waals surface area contributed by atoms with Gasteiger partial charge in [0, 0.05) is 26.1 Å². The zero-order valence-corrected chi connectivity index (χ0v) is 20.3. The van der Waals surface area contributed by atoms with E-state index in [4.69, 9.17) is 0 Å². The van der Waals surface area contributed by atoms with Crippen LogP contribution in [0.25, 0.3) is 0 Å². The molecule has 0 aromatic heterocycles. The van der Waals surface area contributed by atoms with Gasteiger partial charge in [-0.15, -0.1) is 7.92 Å². The van der Waals surface area contributed by atoms with Gasteiger partial charge in [0.15, 0.2) is 0 Å². The summed E-state index contributed by atoms with van der Waals surface area (Å²) in [6.45, 7) is 15.2. The minimum absolute atomic E-state index is 0.273. The van der Waals surface area contributed by atoms with Gasteiger partial charge in [-0.2, -0.15) is 0 Å². The molecule has 0 aliphatic carbocycles. The summed E-state index contributed by atoms with van der Waals surface area (Å²) in [6, 6.07) is 0. The molecule has 2 atom stereocenters. The largest absolute Gasteiger partial charge is 0.370 e. The van der Waals surface area contributed by atoms with Crippen LogP contribution < -0.4 is 0 Å². The minimum Gasteiger partial charge on any atom is -0.370 e. The first kappa shape index (κ1) is 23.3. The van der Waals surface area contributed by atoms with Gasteiger partial charge in [0.05, 0.1) is 5.03 Å².